The minimum atomic E-state index is -4.71. The summed E-state index contributed by atoms with van der Waals surface area (Å²) in [5.41, 5.74) is -0.324. The first kappa shape index (κ1) is 19.5. The number of rotatable bonds is 3. The molecule has 6 rings (SSSR count). The standard InChI is InChI=1S/C22H20F3N5O2/c23-22(24,25)18-17-13(20(32)27-16-10-30-8-7-21(30)6-5-14(16)21)9-15(26-19(17)29-28-18)11-1-3-12(31)4-2-11/h1-4,9,14,16,31H,5-8,10H2,(H,27,32)(H,26,28,29)/t14-,16+,21?/m0/s1. The molecule has 0 bridgehead atoms. The summed E-state index contributed by atoms with van der Waals surface area (Å²) in [5.74, 6) is -0.161. The number of aromatic amines is 1. The van der Waals surface area contributed by atoms with Gasteiger partial charge in [-0.2, -0.15) is 18.3 Å². The highest BCUT2D eigenvalue weighted by Gasteiger charge is 2.63. The molecule has 1 aliphatic carbocycles. The molecule has 2 aliphatic heterocycles. The van der Waals surface area contributed by atoms with Crippen LogP contribution >= 0.6 is 0 Å². The number of phenolic OH excluding ortho intramolecular Hbond substituents is 1. The number of aromatic nitrogens is 3. The summed E-state index contributed by atoms with van der Waals surface area (Å²) in [4.78, 5) is 20.0. The maximum Gasteiger partial charge on any atom is 0.433 e. The first-order valence-corrected chi connectivity index (χ1v) is 10.6. The molecule has 3 aliphatic rings. The number of alkyl halides is 3. The quantitative estimate of drug-likeness (QED) is 0.578. The normalized spacial score (nSPS) is 26.8. The number of nitrogens with one attached hydrogen (secondary N) is 2. The highest BCUT2D eigenvalue weighted by Crippen LogP contribution is 2.57. The summed E-state index contributed by atoms with van der Waals surface area (Å²) in [7, 11) is 0. The minimum absolute atomic E-state index is 0.0483. The largest absolute Gasteiger partial charge is 0.508 e. The van der Waals surface area contributed by atoms with Gasteiger partial charge in [-0.1, -0.05) is 0 Å². The molecule has 10 heteroatoms. The number of fused-ring (bicyclic) bond motifs is 1. The Kier molecular flexibility index (Phi) is 3.93. The number of nitrogens with zero attached hydrogens (tertiary/aromatic N) is 3. The fourth-order valence-corrected chi connectivity index (χ4v) is 5.70. The zero-order chi connectivity index (χ0) is 22.3. The lowest BCUT2D eigenvalue weighted by atomic mass is 9.61. The Morgan fingerprint density at radius 1 is 1.25 bits per heavy atom. The SMILES string of the molecule is O=C(N[C@@H]1CN2CCC23CC[C@@H]13)c1cc(-c2ccc(O)cc2)nc2n[nH]c(C(F)(F)F)c12. The van der Waals surface area contributed by atoms with Crippen LogP contribution in [-0.4, -0.2) is 55.8 Å². The van der Waals surface area contributed by atoms with E-state index in [4.69, 9.17) is 0 Å². The van der Waals surface area contributed by atoms with Crippen LogP contribution < -0.4 is 5.32 Å². The van der Waals surface area contributed by atoms with E-state index in [-0.39, 0.29) is 33.9 Å². The highest BCUT2D eigenvalue weighted by atomic mass is 19.4. The van der Waals surface area contributed by atoms with Crippen LogP contribution in [0.3, 0.4) is 0 Å². The van der Waals surface area contributed by atoms with Crippen molar-refractivity contribution in [2.45, 2.75) is 37.0 Å². The van der Waals surface area contributed by atoms with Gasteiger partial charge in [0.05, 0.1) is 16.6 Å². The van der Waals surface area contributed by atoms with Crippen molar-refractivity contribution in [3.8, 4) is 17.0 Å². The number of carbonyl (C=O) groups is 1. The fourth-order valence-electron chi connectivity index (χ4n) is 5.70. The van der Waals surface area contributed by atoms with E-state index >= 15 is 0 Å². The molecule has 1 spiro atoms. The van der Waals surface area contributed by atoms with Gasteiger partial charge in [-0.15, -0.1) is 0 Å². The molecule has 3 atom stereocenters. The van der Waals surface area contributed by atoms with Gasteiger partial charge in [0, 0.05) is 30.2 Å². The molecule has 7 nitrogen and oxygen atoms in total. The second-order valence-corrected chi connectivity index (χ2v) is 8.92. The van der Waals surface area contributed by atoms with Crippen molar-refractivity contribution in [3.63, 3.8) is 0 Å². The smallest absolute Gasteiger partial charge is 0.433 e. The van der Waals surface area contributed by atoms with Gasteiger partial charge >= 0.3 is 6.18 Å². The number of aromatic hydroxyl groups is 1. The van der Waals surface area contributed by atoms with Gasteiger partial charge in [-0.05, 0) is 55.5 Å². The Balaban J connectivity index is 1.42. The number of benzene rings is 1. The molecule has 166 valence electrons. The van der Waals surface area contributed by atoms with E-state index in [1.165, 1.54) is 18.2 Å². The van der Waals surface area contributed by atoms with E-state index in [0.717, 1.165) is 32.4 Å². The monoisotopic (exact) mass is 443 g/mol. The molecule has 3 fully saturated rings. The second kappa shape index (κ2) is 6.44. The number of hydrogen-bond donors (Lipinski definition) is 3. The summed E-state index contributed by atoms with van der Waals surface area (Å²) in [6.45, 7) is 1.74. The van der Waals surface area contributed by atoms with E-state index in [1.54, 1.807) is 12.1 Å². The molecular weight excluding hydrogens is 423 g/mol. The van der Waals surface area contributed by atoms with Crippen molar-refractivity contribution in [2.24, 2.45) is 5.92 Å². The average Bonchev–Trinajstić information content (AvgIpc) is 3.19. The Morgan fingerprint density at radius 3 is 2.62 bits per heavy atom. The number of halogens is 3. The zero-order valence-electron chi connectivity index (χ0n) is 16.9. The van der Waals surface area contributed by atoms with Crippen LogP contribution in [0.1, 0.15) is 35.3 Å². The average molecular weight is 443 g/mol. The molecule has 2 aromatic heterocycles. The lowest BCUT2D eigenvalue weighted by Crippen LogP contribution is -2.64. The van der Waals surface area contributed by atoms with Gasteiger partial charge in [0.2, 0.25) is 0 Å². The van der Waals surface area contributed by atoms with Gasteiger partial charge in [-0.25, -0.2) is 4.98 Å². The maximum absolute atomic E-state index is 13.6. The zero-order valence-corrected chi connectivity index (χ0v) is 16.9. The summed E-state index contributed by atoms with van der Waals surface area (Å²) in [6.07, 6.45) is -1.45. The molecule has 4 heterocycles. The lowest BCUT2D eigenvalue weighted by molar-refractivity contribution is -0.139. The van der Waals surface area contributed by atoms with Crippen LogP contribution in [0.2, 0.25) is 0 Å². The van der Waals surface area contributed by atoms with E-state index in [0.29, 0.717) is 17.2 Å². The third kappa shape index (κ3) is 2.68. The molecule has 1 unspecified atom stereocenters. The first-order chi connectivity index (χ1) is 15.3. The topological polar surface area (TPSA) is 94.1 Å². The summed E-state index contributed by atoms with van der Waals surface area (Å²) in [5, 5.41) is 18.0. The predicted molar refractivity (Wildman–Crippen MR) is 109 cm³/mol. The highest BCUT2D eigenvalue weighted by molar-refractivity contribution is 6.07. The Bertz CT molecular complexity index is 1230. The first-order valence-electron chi connectivity index (χ1n) is 10.6. The molecule has 2 saturated heterocycles. The van der Waals surface area contributed by atoms with Gasteiger partial charge in [0.1, 0.15) is 11.4 Å². The van der Waals surface area contributed by atoms with Crippen LogP contribution in [0, 0.1) is 5.92 Å². The Hall–Kier alpha value is -3.14. The summed E-state index contributed by atoms with van der Waals surface area (Å²) < 4.78 is 40.9. The molecule has 1 saturated carbocycles. The number of hydrogen-bond acceptors (Lipinski definition) is 5. The van der Waals surface area contributed by atoms with E-state index < -0.39 is 17.8 Å². The Morgan fingerprint density at radius 2 is 2.03 bits per heavy atom. The predicted octanol–water partition coefficient (Wildman–Crippen LogP) is 3.32. The second-order valence-electron chi connectivity index (χ2n) is 8.92. The summed E-state index contributed by atoms with van der Waals surface area (Å²) >= 11 is 0. The number of amides is 1. The molecule has 32 heavy (non-hydrogen) atoms. The number of phenols is 1. The van der Waals surface area contributed by atoms with Gasteiger partial charge < -0.3 is 10.4 Å². The van der Waals surface area contributed by atoms with Gasteiger partial charge in [0.25, 0.3) is 5.91 Å². The van der Waals surface area contributed by atoms with Crippen molar-refractivity contribution >= 4 is 16.9 Å². The van der Waals surface area contributed by atoms with Crippen LogP contribution in [-0.2, 0) is 6.18 Å². The van der Waals surface area contributed by atoms with Crippen molar-refractivity contribution < 1.29 is 23.1 Å². The van der Waals surface area contributed by atoms with Crippen molar-refractivity contribution in [2.75, 3.05) is 13.1 Å². The molecule has 0 radical (unpaired) electrons. The Labute approximate surface area is 180 Å². The van der Waals surface area contributed by atoms with Crippen LogP contribution in [0.15, 0.2) is 30.3 Å². The van der Waals surface area contributed by atoms with Crippen molar-refractivity contribution in [1.29, 1.82) is 0 Å². The van der Waals surface area contributed by atoms with Gasteiger partial charge in [0.15, 0.2) is 5.65 Å². The van der Waals surface area contributed by atoms with Crippen LogP contribution in [0.4, 0.5) is 13.2 Å². The van der Waals surface area contributed by atoms with Crippen molar-refractivity contribution in [1.82, 2.24) is 25.4 Å². The van der Waals surface area contributed by atoms with Crippen LogP contribution in [0.5, 0.6) is 5.75 Å². The molecule has 1 amide bonds. The molecule has 3 N–H and O–H groups in total. The number of H-pyrrole nitrogens is 1. The van der Waals surface area contributed by atoms with Gasteiger partial charge in [-0.3, -0.25) is 14.8 Å². The third-order valence-electron chi connectivity index (χ3n) is 7.46. The van der Waals surface area contributed by atoms with Crippen molar-refractivity contribution in [3.05, 3.63) is 41.6 Å². The third-order valence-corrected chi connectivity index (χ3v) is 7.46. The number of carbonyl (C=O) groups excluding carboxylic acids is 1. The maximum atomic E-state index is 13.6. The lowest BCUT2D eigenvalue weighted by Gasteiger charge is -2.58. The van der Waals surface area contributed by atoms with E-state index in [1.807, 2.05) is 5.10 Å². The van der Waals surface area contributed by atoms with E-state index in [2.05, 4.69) is 20.3 Å². The number of pyridine rings is 1. The molecule has 3 aromatic rings. The minimum Gasteiger partial charge on any atom is -0.508 e. The summed E-state index contributed by atoms with van der Waals surface area (Å²) in [6, 6.07) is 7.36. The molecule has 1 aromatic carbocycles. The molecular formula is C22H20F3N5O2. The van der Waals surface area contributed by atoms with Crippen LogP contribution in [0.25, 0.3) is 22.3 Å². The fraction of sp³-hybridized carbons (Fsp3) is 0.409. The van der Waals surface area contributed by atoms with E-state index in [9.17, 15) is 23.1 Å².